The highest BCUT2D eigenvalue weighted by Crippen LogP contribution is 2.26. The van der Waals surface area contributed by atoms with Crippen molar-refractivity contribution in [3.63, 3.8) is 0 Å². The Morgan fingerprint density at radius 2 is 2.07 bits per heavy atom. The van der Waals surface area contributed by atoms with E-state index in [2.05, 4.69) is 10.3 Å². The first-order valence-electron chi connectivity index (χ1n) is 9.21. The van der Waals surface area contributed by atoms with Crippen LogP contribution in [0.2, 0.25) is 0 Å². The molecule has 28 heavy (non-hydrogen) atoms. The summed E-state index contributed by atoms with van der Waals surface area (Å²) in [5.74, 6) is -0.681. The molecule has 1 aliphatic carbocycles. The Morgan fingerprint density at radius 3 is 2.71 bits per heavy atom. The van der Waals surface area contributed by atoms with Crippen LogP contribution in [0, 0.1) is 17.0 Å². The van der Waals surface area contributed by atoms with Crippen molar-refractivity contribution in [1.29, 1.82) is 0 Å². The molecule has 9 heteroatoms. The number of hydrogen-bond acceptors (Lipinski definition) is 6. The molecule has 0 saturated heterocycles. The van der Waals surface area contributed by atoms with E-state index in [0.717, 1.165) is 32.1 Å². The van der Waals surface area contributed by atoms with Gasteiger partial charge in [-0.2, -0.15) is 0 Å². The van der Waals surface area contributed by atoms with Gasteiger partial charge in [-0.25, -0.2) is 4.98 Å². The maximum atomic E-state index is 13.2. The minimum atomic E-state index is -0.494. The van der Waals surface area contributed by atoms with Gasteiger partial charge < -0.3 is 10.2 Å². The second-order valence-corrected chi connectivity index (χ2v) is 7.76. The summed E-state index contributed by atoms with van der Waals surface area (Å²) in [6.45, 7) is 1.53. The first-order chi connectivity index (χ1) is 13.5. The molecule has 1 aromatic heterocycles. The van der Waals surface area contributed by atoms with Crippen molar-refractivity contribution in [2.45, 2.75) is 45.1 Å². The average Bonchev–Trinajstić information content (AvgIpc) is 3.19. The van der Waals surface area contributed by atoms with Crippen LogP contribution in [0.1, 0.15) is 48.0 Å². The van der Waals surface area contributed by atoms with Crippen molar-refractivity contribution in [2.24, 2.45) is 0 Å². The lowest BCUT2D eigenvalue weighted by Gasteiger charge is -2.34. The summed E-state index contributed by atoms with van der Waals surface area (Å²) in [7, 11) is 0. The van der Waals surface area contributed by atoms with Gasteiger partial charge in [0.05, 0.1) is 4.92 Å². The molecule has 2 aromatic rings. The molecule has 2 amide bonds. The van der Waals surface area contributed by atoms with Gasteiger partial charge in [-0.05, 0) is 25.8 Å². The normalized spacial score (nSPS) is 14.5. The highest BCUT2D eigenvalue weighted by molar-refractivity contribution is 7.13. The van der Waals surface area contributed by atoms with Crippen LogP contribution in [-0.4, -0.2) is 39.2 Å². The summed E-state index contributed by atoms with van der Waals surface area (Å²) in [6.07, 6.45) is 6.34. The number of nitro benzene ring substituents is 1. The minimum Gasteiger partial charge on any atom is -0.326 e. The van der Waals surface area contributed by atoms with Crippen molar-refractivity contribution in [1.82, 2.24) is 9.88 Å². The van der Waals surface area contributed by atoms with Gasteiger partial charge in [-0.3, -0.25) is 19.7 Å². The fourth-order valence-electron chi connectivity index (χ4n) is 3.46. The second-order valence-electron chi connectivity index (χ2n) is 6.87. The Labute approximate surface area is 166 Å². The zero-order valence-electron chi connectivity index (χ0n) is 15.6. The summed E-state index contributed by atoms with van der Waals surface area (Å²) in [5, 5.41) is 16.2. The van der Waals surface area contributed by atoms with Crippen LogP contribution < -0.4 is 5.32 Å². The zero-order chi connectivity index (χ0) is 20.1. The van der Waals surface area contributed by atoms with Crippen LogP contribution in [0.5, 0.6) is 0 Å². The maximum Gasteiger partial charge on any atom is 0.273 e. The number of thiazole rings is 1. The van der Waals surface area contributed by atoms with Crippen molar-refractivity contribution < 1.29 is 14.5 Å². The Hall–Kier alpha value is -2.81. The predicted molar refractivity (Wildman–Crippen MR) is 106 cm³/mol. The van der Waals surface area contributed by atoms with Gasteiger partial charge in [0.1, 0.15) is 6.54 Å². The summed E-state index contributed by atoms with van der Waals surface area (Å²) >= 11 is 1.30. The van der Waals surface area contributed by atoms with Crippen molar-refractivity contribution >= 4 is 34.0 Å². The average molecular weight is 402 g/mol. The van der Waals surface area contributed by atoms with Crippen LogP contribution in [-0.2, 0) is 4.79 Å². The van der Waals surface area contributed by atoms with Gasteiger partial charge in [0.25, 0.3) is 11.6 Å². The van der Waals surface area contributed by atoms with Gasteiger partial charge in [-0.15, -0.1) is 11.3 Å². The molecule has 148 valence electrons. The second kappa shape index (κ2) is 8.92. The number of nitro groups is 1. The number of amides is 2. The molecule has 1 saturated carbocycles. The lowest BCUT2D eigenvalue weighted by molar-refractivity contribution is -0.385. The van der Waals surface area contributed by atoms with E-state index in [-0.39, 0.29) is 35.7 Å². The van der Waals surface area contributed by atoms with E-state index in [9.17, 15) is 19.7 Å². The van der Waals surface area contributed by atoms with Gasteiger partial charge in [-0.1, -0.05) is 25.3 Å². The van der Waals surface area contributed by atoms with Gasteiger partial charge in [0.2, 0.25) is 5.91 Å². The van der Waals surface area contributed by atoms with Crippen molar-refractivity contribution in [3.05, 3.63) is 51.0 Å². The smallest absolute Gasteiger partial charge is 0.273 e. The molecular formula is C19H22N4O4S. The molecule has 0 spiro atoms. The summed E-state index contributed by atoms with van der Waals surface area (Å²) < 4.78 is 0. The lowest BCUT2D eigenvalue weighted by Crippen LogP contribution is -2.45. The monoisotopic (exact) mass is 402 g/mol. The molecule has 1 aliphatic rings. The molecule has 1 aromatic carbocycles. The lowest BCUT2D eigenvalue weighted by atomic mass is 9.93. The first kappa shape index (κ1) is 19.9. The zero-order valence-corrected chi connectivity index (χ0v) is 16.4. The number of aromatic nitrogens is 1. The van der Waals surface area contributed by atoms with Gasteiger partial charge in [0, 0.05) is 34.8 Å². The number of rotatable bonds is 6. The Balaban J connectivity index is 1.83. The van der Waals surface area contributed by atoms with Gasteiger partial charge in [0.15, 0.2) is 5.13 Å². The van der Waals surface area contributed by atoms with Crippen LogP contribution in [0.3, 0.4) is 0 Å². The number of carbonyl (C=O) groups excluding carboxylic acids is 2. The maximum absolute atomic E-state index is 13.2. The number of nitrogens with one attached hydrogen (secondary N) is 1. The fourth-order valence-corrected chi connectivity index (χ4v) is 4.01. The Bertz CT molecular complexity index is 863. The van der Waals surface area contributed by atoms with Crippen molar-refractivity contribution in [3.8, 4) is 0 Å². The quantitative estimate of drug-likeness (QED) is 0.585. The third kappa shape index (κ3) is 4.72. The fraction of sp³-hybridized carbons (Fsp3) is 0.421. The van der Waals surface area contributed by atoms with E-state index in [0.29, 0.717) is 10.7 Å². The number of nitrogens with zero attached hydrogens (tertiary/aromatic N) is 3. The molecule has 1 N–H and O–H groups in total. The molecule has 0 bridgehead atoms. The number of carbonyl (C=O) groups is 2. The SMILES string of the molecule is Cc1ccc(C(=O)N(CC(=O)Nc2nccs2)C2CCCCC2)cc1[N+](=O)[O-]. The summed E-state index contributed by atoms with van der Waals surface area (Å²) in [5.41, 5.74) is 0.624. The van der Waals surface area contributed by atoms with Crippen molar-refractivity contribution in [2.75, 3.05) is 11.9 Å². The predicted octanol–water partition coefficient (Wildman–Crippen LogP) is 3.77. The third-order valence-electron chi connectivity index (χ3n) is 4.92. The number of hydrogen-bond donors (Lipinski definition) is 1. The van der Waals surface area contributed by atoms with E-state index >= 15 is 0 Å². The molecule has 0 unspecified atom stereocenters. The summed E-state index contributed by atoms with van der Waals surface area (Å²) in [4.78, 5) is 42.0. The van der Waals surface area contributed by atoms with Crippen LogP contribution in [0.15, 0.2) is 29.8 Å². The van der Waals surface area contributed by atoms with Crippen LogP contribution in [0.25, 0.3) is 0 Å². The Kier molecular flexibility index (Phi) is 6.35. The molecule has 8 nitrogen and oxygen atoms in total. The molecule has 1 fully saturated rings. The molecule has 3 rings (SSSR count). The number of benzene rings is 1. The van der Waals surface area contributed by atoms with E-state index in [1.165, 1.54) is 17.4 Å². The van der Waals surface area contributed by atoms with E-state index < -0.39 is 4.92 Å². The van der Waals surface area contributed by atoms with Crippen LogP contribution >= 0.6 is 11.3 Å². The van der Waals surface area contributed by atoms with E-state index in [1.807, 2.05) is 0 Å². The minimum absolute atomic E-state index is 0.0522. The highest BCUT2D eigenvalue weighted by atomic mass is 32.1. The largest absolute Gasteiger partial charge is 0.326 e. The molecule has 0 atom stereocenters. The Morgan fingerprint density at radius 1 is 1.32 bits per heavy atom. The highest BCUT2D eigenvalue weighted by Gasteiger charge is 2.29. The van der Waals surface area contributed by atoms with E-state index in [4.69, 9.17) is 0 Å². The van der Waals surface area contributed by atoms with E-state index in [1.54, 1.807) is 35.5 Å². The summed E-state index contributed by atoms with van der Waals surface area (Å²) in [6, 6.07) is 4.40. The molecular weight excluding hydrogens is 380 g/mol. The first-order valence-corrected chi connectivity index (χ1v) is 10.1. The number of anilines is 1. The standard InChI is InChI=1S/C19H22N4O4S/c1-13-7-8-14(11-16(13)23(26)27)18(25)22(15-5-3-2-4-6-15)12-17(24)21-19-20-9-10-28-19/h7-11,15H,2-6,12H2,1H3,(H,20,21,24). The topological polar surface area (TPSA) is 105 Å². The number of aryl methyl sites for hydroxylation is 1. The molecule has 0 radical (unpaired) electrons. The third-order valence-corrected chi connectivity index (χ3v) is 5.61. The molecule has 0 aliphatic heterocycles. The van der Waals surface area contributed by atoms with Gasteiger partial charge >= 0.3 is 0 Å². The van der Waals surface area contributed by atoms with Crippen LogP contribution in [0.4, 0.5) is 10.8 Å². The molecule has 1 heterocycles.